The first-order valence-electron chi connectivity index (χ1n) is 16.0. The van der Waals surface area contributed by atoms with E-state index in [0.717, 1.165) is 47.5 Å². The van der Waals surface area contributed by atoms with Crippen LogP contribution in [-0.2, 0) is 47.0 Å². The molecule has 1 fully saturated rings. The Balaban J connectivity index is 1.14. The Hall–Kier alpha value is -2.36. The minimum absolute atomic E-state index is 0.0402. The van der Waals surface area contributed by atoms with Crippen molar-refractivity contribution in [3.63, 3.8) is 0 Å². The Morgan fingerprint density at radius 3 is 2.39 bits per heavy atom. The standard InChI is InChI=1S/C33H43ClIN5O6/c1-2-3-11-39-28-5-4-25(34)21-27(28)37-30(39)23-40-29-22-36-10-6-26(29)33(32(40)42)8-12-38(13-9-33)31(41)7-14-43-15-16-44-17-18-45-19-20-46-24-35/h4-6,10,21-22H,2-3,7-9,11-20,23-24H2,1H3. The van der Waals surface area contributed by atoms with Crippen LogP contribution in [0.2, 0.25) is 5.02 Å². The fourth-order valence-electron chi connectivity index (χ4n) is 6.28. The predicted molar refractivity (Wildman–Crippen MR) is 184 cm³/mol. The maximum absolute atomic E-state index is 14.3. The number of piperidine rings is 1. The molecular formula is C33H43ClIN5O6. The van der Waals surface area contributed by atoms with E-state index in [9.17, 15) is 9.59 Å². The van der Waals surface area contributed by atoms with E-state index in [1.165, 1.54) is 0 Å². The number of imidazole rings is 1. The van der Waals surface area contributed by atoms with Gasteiger partial charge in [-0.05, 0) is 49.1 Å². The van der Waals surface area contributed by atoms with Crippen LogP contribution in [0, 0.1) is 0 Å². The van der Waals surface area contributed by atoms with E-state index in [1.807, 2.05) is 34.1 Å². The zero-order valence-electron chi connectivity index (χ0n) is 26.4. The van der Waals surface area contributed by atoms with Crippen molar-refractivity contribution in [1.29, 1.82) is 0 Å². The number of pyridine rings is 1. The molecule has 4 heterocycles. The lowest BCUT2D eigenvalue weighted by atomic mass is 9.74. The SMILES string of the molecule is CCCCn1c(CN2C(=O)C3(CCN(C(=O)CCOCCOCCOCCOCI)CC3)c3ccncc32)nc2cc(Cl)ccc21. The third-order valence-electron chi connectivity index (χ3n) is 8.71. The first kappa shape index (κ1) is 35.0. The number of hydrogen-bond donors (Lipinski definition) is 0. The molecule has 0 radical (unpaired) electrons. The van der Waals surface area contributed by atoms with E-state index in [-0.39, 0.29) is 11.8 Å². The number of benzene rings is 1. The molecule has 5 rings (SSSR count). The molecule has 0 aliphatic carbocycles. The average Bonchev–Trinajstić information content (AvgIpc) is 3.52. The summed E-state index contributed by atoms with van der Waals surface area (Å²) in [5, 5.41) is 0.637. The number of alkyl halides is 1. The first-order valence-corrected chi connectivity index (χ1v) is 17.9. The van der Waals surface area contributed by atoms with Crippen molar-refractivity contribution in [2.24, 2.45) is 0 Å². The summed E-state index contributed by atoms with van der Waals surface area (Å²) in [5.74, 6) is 0.922. The third kappa shape index (κ3) is 8.19. The maximum atomic E-state index is 14.3. The lowest BCUT2D eigenvalue weighted by Crippen LogP contribution is -2.50. The first-order chi connectivity index (χ1) is 22.5. The molecule has 2 aromatic heterocycles. The Labute approximate surface area is 289 Å². The Kier molecular flexibility index (Phi) is 13.0. The van der Waals surface area contributed by atoms with Crippen LogP contribution < -0.4 is 4.90 Å². The van der Waals surface area contributed by atoms with Crippen molar-refractivity contribution in [1.82, 2.24) is 19.4 Å². The second-order valence-corrected chi connectivity index (χ2v) is 12.6. The number of ether oxygens (including phenoxy) is 4. The minimum Gasteiger partial charge on any atom is -0.379 e. The Bertz CT molecular complexity index is 1460. The third-order valence-corrected chi connectivity index (χ3v) is 9.38. The van der Waals surface area contributed by atoms with Crippen LogP contribution in [0.3, 0.4) is 0 Å². The lowest BCUT2D eigenvalue weighted by molar-refractivity contribution is -0.136. The van der Waals surface area contributed by atoms with Gasteiger partial charge in [0.2, 0.25) is 11.8 Å². The fraction of sp³-hybridized carbons (Fsp3) is 0.576. The molecule has 2 aliphatic heterocycles. The highest BCUT2D eigenvalue weighted by Crippen LogP contribution is 2.48. The van der Waals surface area contributed by atoms with Gasteiger partial charge in [0.25, 0.3) is 0 Å². The van der Waals surface area contributed by atoms with Gasteiger partial charge in [0.1, 0.15) is 5.82 Å². The van der Waals surface area contributed by atoms with E-state index in [1.54, 1.807) is 12.4 Å². The molecule has 2 aliphatic rings. The van der Waals surface area contributed by atoms with Crippen molar-refractivity contribution in [3.8, 4) is 0 Å². The number of fused-ring (bicyclic) bond motifs is 3. The van der Waals surface area contributed by atoms with Gasteiger partial charge in [-0.15, -0.1) is 0 Å². The highest BCUT2D eigenvalue weighted by atomic mass is 127. The van der Waals surface area contributed by atoms with Crippen LogP contribution in [-0.4, -0.2) is 95.2 Å². The zero-order valence-corrected chi connectivity index (χ0v) is 29.3. The molecule has 1 spiro atoms. The van der Waals surface area contributed by atoms with Gasteiger partial charge in [0.15, 0.2) is 0 Å². The van der Waals surface area contributed by atoms with Crippen LogP contribution in [0.5, 0.6) is 0 Å². The largest absolute Gasteiger partial charge is 0.379 e. The number of carbonyl (C=O) groups excluding carboxylic acids is 2. The van der Waals surface area contributed by atoms with Crippen LogP contribution in [0.4, 0.5) is 5.69 Å². The highest BCUT2D eigenvalue weighted by Gasteiger charge is 2.52. The van der Waals surface area contributed by atoms with E-state index in [4.69, 9.17) is 35.5 Å². The molecule has 0 unspecified atom stereocenters. The van der Waals surface area contributed by atoms with Gasteiger partial charge >= 0.3 is 0 Å². The molecule has 11 nitrogen and oxygen atoms in total. The summed E-state index contributed by atoms with van der Waals surface area (Å²) in [5.41, 5.74) is 2.97. The minimum atomic E-state index is -0.682. The number of likely N-dealkylation sites (tertiary alicyclic amines) is 1. The second kappa shape index (κ2) is 17.2. The molecular weight excluding hydrogens is 725 g/mol. The number of carbonyl (C=O) groups is 2. The van der Waals surface area contributed by atoms with E-state index in [2.05, 4.69) is 39.1 Å². The summed E-state index contributed by atoms with van der Waals surface area (Å²) in [6, 6.07) is 7.72. The Morgan fingerprint density at radius 1 is 1.00 bits per heavy atom. The van der Waals surface area contributed by atoms with Crippen LogP contribution in [0.1, 0.15) is 50.4 Å². The van der Waals surface area contributed by atoms with E-state index < -0.39 is 5.41 Å². The van der Waals surface area contributed by atoms with E-state index >= 15 is 0 Å². The number of rotatable bonds is 18. The van der Waals surface area contributed by atoms with Gasteiger partial charge in [-0.2, -0.15) is 0 Å². The number of unbranched alkanes of at least 4 members (excludes halogenated alkanes) is 1. The number of anilines is 1. The number of hydrogen-bond acceptors (Lipinski definition) is 8. The van der Waals surface area contributed by atoms with Gasteiger partial charge in [-0.3, -0.25) is 14.6 Å². The van der Waals surface area contributed by atoms with E-state index in [0.29, 0.717) is 94.8 Å². The predicted octanol–water partition coefficient (Wildman–Crippen LogP) is 5.14. The molecule has 46 heavy (non-hydrogen) atoms. The highest BCUT2D eigenvalue weighted by molar-refractivity contribution is 14.1. The number of halogens is 2. The van der Waals surface area contributed by atoms with Crippen molar-refractivity contribution in [2.75, 3.05) is 68.9 Å². The Morgan fingerprint density at radius 2 is 1.70 bits per heavy atom. The van der Waals surface area contributed by atoms with Crippen molar-refractivity contribution < 1.29 is 28.5 Å². The summed E-state index contributed by atoms with van der Waals surface area (Å²) in [7, 11) is 0. The summed E-state index contributed by atoms with van der Waals surface area (Å²) >= 11 is 8.44. The second-order valence-electron chi connectivity index (χ2n) is 11.5. The molecule has 2 amide bonds. The quantitative estimate of drug-likeness (QED) is 0.0996. The number of nitrogens with zero attached hydrogens (tertiary/aromatic N) is 5. The summed E-state index contributed by atoms with van der Waals surface area (Å²) in [4.78, 5) is 40.3. The molecule has 0 saturated carbocycles. The summed E-state index contributed by atoms with van der Waals surface area (Å²) < 4.78 is 24.6. The van der Waals surface area contributed by atoms with Crippen molar-refractivity contribution in [2.45, 2.75) is 57.5 Å². The van der Waals surface area contributed by atoms with Crippen LogP contribution in [0.15, 0.2) is 36.7 Å². The molecule has 0 atom stereocenters. The van der Waals surface area contributed by atoms with Crippen LogP contribution >= 0.6 is 34.2 Å². The van der Waals surface area contributed by atoms with Gasteiger partial charge in [-0.1, -0.05) is 47.5 Å². The fourth-order valence-corrected chi connectivity index (χ4v) is 6.76. The lowest BCUT2D eigenvalue weighted by Gasteiger charge is -2.38. The normalized spacial score (nSPS) is 15.8. The summed E-state index contributed by atoms with van der Waals surface area (Å²) in [6.07, 6.45) is 7.01. The molecule has 13 heteroatoms. The van der Waals surface area contributed by atoms with Gasteiger partial charge < -0.3 is 33.3 Å². The monoisotopic (exact) mass is 767 g/mol. The molecule has 0 N–H and O–H groups in total. The molecule has 1 aromatic carbocycles. The maximum Gasteiger partial charge on any atom is 0.238 e. The average molecular weight is 768 g/mol. The van der Waals surface area contributed by atoms with Gasteiger partial charge in [0, 0.05) is 30.9 Å². The molecule has 250 valence electrons. The zero-order chi connectivity index (χ0) is 32.4. The van der Waals surface area contributed by atoms with Crippen LogP contribution in [0.25, 0.3) is 11.0 Å². The molecule has 0 bridgehead atoms. The van der Waals surface area contributed by atoms with Crippen molar-refractivity contribution in [3.05, 3.63) is 53.1 Å². The number of aromatic nitrogens is 3. The van der Waals surface area contributed by atoms with Crippen molar-refractivity contribution >= 4 is 62.7 Å². The molecule has 3 aromatic rings. The smallest absolute Gasteiger partial charge is 0.238 e. The number of aryl methyl sites for hydroxylation is 1. The summed E-state index contributed by atoms with van der Waals surface area (Å²) in [6.45, 7) is 7.69. The number of amides is 2. The van der Waals surface area contributed by atoms with Gasteiger partial charge in [0.05, 0.1) is 92.2 Å². The topological polar surface area (TPSA) is 108 Å². The molecule has 1 saturated heterocycles. The van der Waals surface area contributed by atoms with Gasteiger partial charge in [-0.25, -0.2) is 4.98 Å².